The summed E-state index contributed by atoms with van der Waals surface area (Å²) in [6.45, 7) is 6.60. The minimum Gasteiger partial charge on any atom is -0.378 e. The van der Waals surface area contributed by atoms with Crippen LogP contribution in [0.5, 0.6) is 0 Å². The van der Waals surface area contributed by atoms with E-state index in [0.29, 0.717) is 18.5 Å². The number of anilines is 1. The Hall–Kier alpha value is -2.04. The van der Waals surface area contributed by atoms with Crippen LogP contribution in [0.4, 0.5) is 5.69 Å². The second-order valence-electron chi connectivity index (χ2n) is 6.99. The van der Waals surface area contributed by atoms with E-state index in [0.717, 1.165) is 5.69 Å². The SMILES string of the molecule is CN(C)c1cccc(C(=O)NC2CC(=O)N(C(C)(C)C)C2)c1. The Labute approximate surface area is 132 Å². The van der Waals surface area contributed by atoms with Gasteiger partial charge >= 0.3 is 0 Å². The van der Waals surface area contributed by atoms with Crippen LogP contribution in [0, 0.1) is 0 Å². The van der Waals surface area contributed by atoms with Gasteiger partial charge in [-0.15, -0.1) is 0 Å². The molecule has 1 aromatic carbocycles. The van der Waals surface area contributed by atoms with Crippen LogP contribution in [0.15, 0.2) is 24.3 Å². The van der Waals surface area contributed by atoms with Crippen LogP contribution in [0.25, 0.3) is 0 Å². The van der Waals surface area contributed by atoms with E-state index in [1.807, 2.05) is 62.9 Å². The van der Waals surface area contributed by atoms with Gasteiger partial charge in [-0.1, -0.05) is 6.07 Å². The standard InChI is InChI=1S/C17H25N3O2/c1-17(2,3)20-11-13(10-15(20)21)18-16(22)12-7-6-8-14(9-12)19(4)5/h6-9,13H,10-11H2,1-5H3,(H,18,22). The molecule has 1 unspecified atom stereocenters. The van der Waals surface area contributed by atoms with Crippen LogP contribution in [-0.2, 0) is 4.79 Å². The quantitative estimate of drug-likeness (QED) is 0.927. The first-order chi connectivity index (χ1) is 10.2. The molecule has 0 aromatic heterocycles. The molecule has 120 valence electrons. The van der Waals surface area contributed by atoms with Gasteiger partial charge in [-0.2, -0.15) is 0 Å². The molecule has 1 aliphatic rings. The van der Waals surface area contributed by atoms with Crippen molar-refractivity contribution < 1.29 is 9.59 Å². The topological polar surface area (TPSA) is 52.7 Å². The van der Waals surface area contributed by atoms with Gasteiger partial charge in [-0.05, 0) is 39.0 Å². The van der Waals surface area contributed by atoms with Crippen molar-refractivity contribution in [1.82, 2.24) is 10.2 Å². The Kier molecular flexibility index (Phi) is 4.44. The van der Waals surface area contributed by atoms with Crippen molar-refractivity contribution in [2.45, 2.75) is 38.8 Å². The smallest absolute Gasteiger partial charge is 0.251 e. The van der Waals surface area contributed by atoms with E-state index in [1.165, 1.54) is 0 Å². The highest BCUT2D eigenvalue weighted by Gasteiger charge is 2.36. The van der Waals surface area contributed by atoms with E-state index in [1.54, 1.807) is 6.07 Å². The maximum atomic E-state index is 12.4. The number of amides is 2. The zero-order chi connectivity index (χ0) is 16.5. The average Bonchev–Trinajstić information content (AvgIpc) is 2.79. The number of rotatable bonds is 3. The molecule has 0 spiro atoms. The molecule has 1 heterocycles. The molecular weight excluding hydrogens is 278 g/mol. The number of hydrogen-bond donors (Lipinski definition) is 1. The minimum atomic E-state index is -0.207. The third kappa shape index (κ3) is 3.59. The molecule has 1 N–H and O–H groups in total. The van der Waals surface area contributed by atoms with E-state index >= 15 is 0 Å². The van der Waals surface area contributed by atoms with E-state index in [9.17, 15) is 9.59 Å². The largest absolute Gasteiger partial charge is 0.378 e. The molecule has 0 radical (unpaired) electrons. The van der Waals surface area contributed by atoms with Gasteiger partial charge in [-0.3, -0.25) is 9.59 Å². The zero-order valence-electron chi connectivity index (χ0n) is 14.0. The fourth-order valence-corrected chi connectivity index (χ4v) is 2.65. The molecule has 2 amide bonds. The summed E-state index contributed by atoms with van der Waals surface area (Å²) >= 11 is 0. The van der Waals surface area contributed by atoms with Crippen LogP contribution in [-0.4, -0.2) is 48.9 Å². The summed E-state index contributed by atoms with van der Waals surface area (Å²) in [6.07, 6.45) is 0.371. The molecule has 5 heteroatoms. The summed E-state index contributed by atoms with van der Waals surface area (Å²) in [4.78, 5) is 28.2. The van der Waals surface area contributed by atoms with Crippen molar-refractivity contribution in [1.29, 1.82) is 0 Å². The summed E-state index contributed by atoms with van der Waals surface area (Å²) in [5.41, 5.74) is 1.39. The van der Waals surface area contributed by atoms with Gasteiger partial charge in [0.2, 0.25) is 5.91 Å². The molecule has 0 aliphatic carbocycles. The second-order valence-corrected chi connectivity index (χ2v) is 6.99. The Morgan fingerprint density at radius 1 is 1.32 bits per heavy atom. The molecule has 1 fully saturated rings. The Bertz CT molecular complexity index is 576. The summed E-state index contributed by atoms with van der Waals surface area (Å²) in [5.74, 6) is -0.0305. The number of carbonyl (C=O) groups is 2. The van der Waals surface area contributed by atoms with Crippen LogP contribution in [0.2, 0.25) is 0 Å². The molecular formula is C17H25N3O2. The molecule has 0 saturated carbocycles. The summed E-state index contributed by atoms with van der Waals surface area (Å²) in [7, 11) is 3.88. The van der Waals surface area contributed by atoms with Gasteiger partial charge in [0.25, 0.3) is 5.91 Å². The Morgan fingerprint density at radius 2 is 2.00 bits per heavy atom. The summed E-state index contributed by atoms with van der Waals surface area (Å²) < 4.78 is 0. The lowest BCUT2D eigenvalue weighted by atomic mass is 10.1. The first-order valence-corrected chi connectivity index (χ1v) is 7.57. The summed E-state index contributed by atoms with van der Waals surface area (Å²) in [6, 6.07) is 7.35. The number of likely N-dealkylation sites (tertiary alicyclic amines) is 1. The van der Waals surface area contributed by atoms with Crippen molar-refractivity contribution in [2.75, 3.05) is 25.5 Å². The zero-order valence-corrected chi connectivity index (χ0v) is 14.0. The van der Waals surface area contributed by atoms with Gasteiger partial charge in [0.1, 0.15) is 0 Å². The fraction of sp³-hybridized carbons (Fsp3) is 0.529. The highest BCUT2D eigenvalue weighted by Crippen LogP contribution is 2.22. The van der Waals surface area contributed by atoms with Gasteiger partial charge in [0.05, 0.1) is 6.04 Å². The van der Waals surface area contributed by atoms with Crippen LogP contribution < -0.4 is 10.2 Å². The highest BCUT2D eigenvalue weighted by molar-refractivity contribution is 5.96. The van der Waals surface area contributed by atoms with E-state index < -0.39 is 0 Å². The number of hydrogen-bond acceptors (Lipinski definition) is 3. The van der Waals surface area contributed by atoms with Crippen LogP contribution in [0.1, 0.15) is 37.6 Å². The van der Waals surface area contributed by atoms with Crippen molar-refractivity contribution in [2.24, 2.45) is 0 Å². The number of carbonyl (C=O) groups excluding carboxylic acids is 2. The van der Waals surface area contributed by atoms with Gasteiger partial charge in [-0.25, -0.2) is 0 Å². The summed E-state index contributed by atoms with van der Waals surface area (Å²) in [5, 5.41) is 2.97. The predicted molar refractivity (Wildman–Crippen MR) is 88.1 cm³/mol. The molecule has 5 nitrogen and oxygen atoms in total. The molecule has 22 heavy (non-hydrogen) atoms. The predicted octanol–water partition coefficient (Wildman–Crippen LogP) is 1.88. The van der Waals surface area contributed by atoms with Gasteiger partial charge in [0.15, 0.2) is 0 Å². The first kappa shape index (κ1) is 16.3. The average molecular weight is 303 g/mol. The van der Waals surface area contributed by atoms with E-state index in [2.05, 4.69) is 5.32 Å². The Morgan fingerprint density at radius 3 is 2.55 bits per heavy atom. The van der Waals surface area contributed by atoms with Crippen LogP contribution >= 0.6 is 0 Å². The third-order valence-corrected chi connectivity index (χ3v) is 3.89. The van der Waals surface area contributed by atoms with Crippen molar-refractivity contribution in [3.05, 3.63) is 29.8 Å². The maximum absolute atomic E-state index is 12.4. The van der Waals surface area contributed by atoms with Crippen molar-refractivity contribution in [3.8, 4) is 0 Å². The lowest BCUT2D eigenvalue weighted by Crippen LogP contribution is -2.44. The van der Waals surface area contributed by atoms with E-state index in [4.69, 9.17) is 0 Å². The van der Waals surface area contributed by atoms with Gasteiger partial charge < -0.3 is 15.1 Å². The first-order valence-electron chi connectivity index (χ1n) is 7.57. The number of nitrogens with zero attached hydrogens (tertiary/aromatic N) is 2. The molecule has 2 rings (SSSR count). The third-order valence-electron chi connectivity index (χ3n) is 3.89. The monoisotopic (exact) mass is 303 g/mol. The molecule has 0 bridgehead atoms. The molecule has 1 saturated heterocycles. The second kappa shape index (κ2) is 5.99. The number of benzene rings is 1. The van der Waals surface area contributed by atoms with E-state index in [-0.39, 0.29) is 23.4 Å². The fourth-order valence-electron chi connectivity index (χ4n) is 2.65. The number of nitrogens with one attached hydrogen (secondary N) is 1. The molecule has 1 atom stereocenters. The lowest BCUT2D eigenvalue weighted by Gasteiger charge is -2.32. The Balaban J connectivity index is 2.04. The molecule has 1 aromatic rings. The lowest BCUT2D eigenvalue weighted by molar-refractivity contribution is -0.131. The maximum Gasteiger partial charge on any atom is 0.251 e. The van der Waals surface area contributed by atoms with Crippen molar-refractivity contribution >= 4 is 17.5 Å². The van der Waals surface area contributed by atoms with Gasteiger partial charge in [0, 0.05) is 43.9 Å². The minimum absolute atomic E-state index is 0.0971. The molecule has 1 aliphatic heterocycles. The normalized spacial score (nSPS) is 18.5. The highest BCUT2D eigenvalue weighted by atomic mass is 16.2. The van der Waals surface area contributed by atoms with Crippen LogP contribution in [0.3, 0.4) is 0 Å². The van der Waals surface area contributed by atoms with Crippen molar-refractivity contribution in [3.63, 3.8) is 0 Å².